The van der Waals surface area contributed by atoms with E-state index in [0.717, 1.165) is 116 Å². The van der Waals surface area contributed by atoms with Crippen molar-refractivity contribution in [3.8, 4) is 0 Å². The topological polar surface area (TPSA) is 44.8 Å². The van der Waals surface area contributed by atoms with Gasteiger partial charge in [0.15, 0.2) is 0 Å². The van der Waals surface area contributed by atoms with Gasteiger partial charge in [-0.15, -0.1) is 0 Å². The van der Waals surface area contributed by atoms with Crippen LogP contribution in [0.3, 0.4) is 0 Å². The molecule has 0 bridgehead atoms. The van der Waals surface area contributed by atoms with Crippen molar-refractivity contribution in [2.24, 2.45) is 0 Å². The van der Waals surface area contributed by atoms with Crippen molar-refractivity contribution < 1.29 is 18.1 Å². The molecule has 0 heterocycles. The van der Waals surface area contributed by atoms with Gasteiger partial charge in [0, 0.05) is 0 Å². The van der Waals surface area contributed by atoms with Crippen LogP contribution in [0.15, 0.2) is 0 Å². The van der Waals surface area contributed by atoms with Crippen molar-refractivity contribution in [2.75, 3.05) is 0 Å². The molecule has 0 saturated heterocycles. The first-order valence-electron chi connectivity index (χ1n) is 12.6. The summed E-state index contributed by atoms with van der Waals surface area (Å²) in [7, 11) is -3.60. The van der Waals surface area contributed by atoms with Crippen molar-refractivity contribution in [1.29, 1.82) is 0 Å². The van der Waals surface area contributed by atoms with Crippen LogP contribution in [0.25, 0.3) is 0 Å². The summed E-state index contributed by atoms with van der Waals surface area (Å²) in [5.74, 6) is 0. The van der Waals surface area contributed by atoms with Gasteiger partial charge in [-0.25, -0.2) is 4.57 Å². The van der Waals surface area contributed by atoms with E-state index in [1.807, 2.05) is 0 Å². The van der Waals surface area contributed by atoms with Gasteiger partial charge in [-0.05, 0) is 77.0 Å². The second-order valence-corrected chi connectivity index (χ2v) is 11.6. The first-order valence-corrected chi connectivity index (χ1v) is 14.1. The van der Waals surface area contributed by atoms with Crippen LogP contribution in [0.2, 0.25) is 0 Å². The van der Waals surface area contributed by atoms with Crippen LogP contribution < -0.4 is 0 Å². The number of hydrogen-bond donors (Lipinski definition) is 0. The van der Waals surface area contributed by atoms with Crippen LogP contribution in [0, 0.1) is 0 Å². The molecule has 0 atom stereocenters. The fraction of sp³-hybridized carbons (Fsp3) is 1.00. The van der Waals surface area contributed by atoms with E-state index in [-0.39, 0.29) is 16.8 Å². The van der Waals surface area contributed by atoms with E-state index < -0.39 is 7.82 Å². The quantitative estimate of drug-likeness (QED) is 0.245. The zero-order chi connectivity index (χ0) is 20.8. The lowest BCUT2D eigenvalue weighted by molar-refractivity contribution is -0.128. The summed E-state index contributed by atoms with van der Waals surface area (Å²) in [6.07, 6.45) is 19.1. The Bertz CT molecular complexity index is 473. The van der Waals surface area contributed by atoms with E-state index in [2.05, 4.69) is 20.8 Å². The highest BCUT2D eigenvalue weighted by Crippen LogP contribution is 2.66. The first-order chi connectivity index (χ1) is 13.9. The van der Waals surface area contributed by atoms with E-state index in [9.17, 15) is 4.57 Å². The molecule has 0 aromatic heterocycles. The van der Waals surface area contributed by atoms with Gasteiger partial charge in [-0.1, -0.05) is 59.3 Å². The van der Waals surface area contributed by atoms with Gasteiger partial charge < -0.3 is 0 Å². The van der Waals surface area contributed by atoms with Crippen molar-refractivity contribution in [2.45, 2.75) is 153 Å². The van der Waals surface area contributed by atoms with Gasteiger partial charge in [0.1, 0.15) is 0 Å². The average Bonchev–Trinajstić information content (AvgIpc) is 2.62. The van der Waals surface area contributed by atoms with E-state index in [1.54, 1.807) is 0 Å². The zero-order valence-electron chi connectivity index (χ0n) is 19.3. The third-order valence-corrected chi connectivity index (χ3v) is 9.50. The molecule has 170 valence electrons. The highest BCUT2D eigenvalue weighted by molar-refractivity contribution is 7.48. The third kappa shape index (κ3) is 5.88. The summed E-state index contributed by atoms with van der Waals surface area (Å²) in [6, 6.07) is 0. The van der Waals surface area contributed by atoms with Gasteiger partial charge >= 0.3 is 7.82 Å². The summed E-state index contributed by atoms with van der Waals surface area (Å²) >= 11 is 0. The Hall–Kier alpha value is 0.110. The van der Waals surface area contributed by atoms with Gasteiger partial charge in [0.05, 0.1) is 16.8 Å². The lowest BCUT2D eigenvalue weighted by Gasteiger charge is -2.50. The van der Waals surface area contributed by atoms with Gasteiger partial charge in [0.2, 0.25) is 0 Å². The molecule has 4 nitrogen and oxygen atoms in total. The minimum atomic E-state index is -3.60. The molecule has 0 amide bonds. The van der Waals surface area contributed by atoms with Crippen LogP contribution in [0.1, 0.15) is 136 Å². The smallest absolute Gasteiger partial charge is 0.280 e. The van der Waals surface area contributed by atoms with E-state index in [4.69, 9.17) is 13.6 Å². The number of phosphoric ester groups is 1. The lowest BCUT2D eigenvalue weighted by Crippen LogP contribution is -2.46. The fourth-order valence-corrected chi connectivity index (χ4v) is 7.49. The molecule has 0 radical (unpaired) electrons. The monoisotopic (exact) mass is 428 g/mol. The zero-order valence-corrected chi connectivity index (χ0v) is 20.2. The summed E-state index contributed by atoms with van der Waals surface area (Å²) in [5.41, 5.74) is -0.842. The Kier molecular flexibility index (Phi) is 8.32. The van der Waals surface area contributed by atoms with E-state index in [1.165, 1.54) is 0 Å². The first kappa shape index (κ1) is 23.8. The molecular formula is C24H45O4P. The van der Waals surface area contributed by atoms with Crippen molar-refractivity contribution in [3.63, 3.8) is 0 Å². The van der Waals surface area contributed by atoms with Gasteiger partial charge in [-0.2, -0.15) is 0 Å². The number of rotatable bonds is 15. The molecule has 0 spiro atoms. The molecule has 0 N–H and O–H groups in total. The summed E-state index contributed by atoms with van der Waals surface area (Å²) < 4.78 is 33.8. The van der Waals surface area contributed by atoms with Gasteiger partial charge in [-0.3, -0.25) is 13.6 Å². The minimum absolute atomic E-state index is 0.281. The van der Waals surface area contributed by atoms with Crippen LogP contribution in [-0.2, 0) is 18.1 Å². The molecule has 5 heteroatoms. The van der Waals surface area contributed by atoms with Crippen LogP contribution in [0.4, 0.5) is 0 Å². The largest absolute Gasteiger partial charge is 0.476 e. The SMILES string of the molecule is CCCCC1(OP(=O)(OC2(CCCC)CCC2)OC2(CCCC)CCC2)CCC1. The Morgan fingerprint density at radius 3 is 1.03 bits per heavy atom. The summed E-state index contributed by atoms with van der Waals surface area (Å²) in [4.78, 5) is 0. The number of unbranched alkanes of at least 4 members (excludes halogenated alkanes) is 3. The highest BCUT2D eigenvalue weighted by Gasteiger charge is 2.54. The molecule has 3 aliphatic carbocycles. The van der Waals surface area contributed by atoms with Crippen LogP contribution >= 0.6 is 7.82 Å². The maximum Gasteiger partial charge on any atom is 0.476 e. The van der Waals surface area contributed by atoms with Crippen molar-refractivity contribution in [1.82, 2.24) is 0 Å². The maximum absolute atomic E-state index is 14.3. The Morgan fingerprint density at radius 2 is 0.862 bits per heavy atom. The summed E-state index contributed by atoms with van der Waals surface area (Å²) in [5, 5.41) is 0. The molecule has 3 fully saturated rings. The predicted molar refractivity (Wildman–Crippen MR) is 119 cm³/mol. The molecule has 3 saturated carbocycles. The Labute approximate surface area is 179 Å². The third-order valence-electron chi connectivity index (χ3n) is 7.67. The van der Waals surface area contributed by atoms with Gasteiger partial charge in [0.25, 0.3) is 0 Å². The maximum atomic E-state index is 14.3. The summed E-state index contributed by atoms with van der Waals surface area (Å²) in [6.45, 7) is 6.63. The normalized spacial score (nSPS) is 24.4. The van der Waals surface area contributed by atoms with Crippen LogP contribution in [0.5, 0.6) is 0 Å². The molecule has 0 unspecified atom stereocenters. The molecule has 29 heavy (non-hydrogen) atoms. The molecular weight excluding hydrogens is 383 g/mol. The number of hydrogen-bond acceptors (Lipinski definition) is 4. The second-order valence-electron chi connectivity index (χ2n) is 10.1. The minimum Gasteiger partial charge on any atom is -0.280 e. The van der Waals surface area contributed by atoms with E-state index in [0.29, 0.717) is 0 Å². The van der Waals surface area contributed by atoms with Crippen molar-refractivity contribution in [3.05, 3.63) is 0 Å². The highest BCUT2D eigenvalue weighted by atomic mass is 31.2. The lowest BCUT2D eigenvalue weighted by atomic mass is 9.77. The molecule has 0 aromatic carbocycles. The Balaban J connectivity index is 1.77. The Morgan fingerprint density at radius 1 is 0.586 bits per heavy atom. The molecule has 3 aliphatic rings. The number of phosphoric acid groups is 1. The van der Waals surface area contributed by atoms with Crippen LogP contribution in [-0.4, -0.2) is 16.8 Å². The molecule has 0 aliphatic heterocycles. The fourth-order valence-electron chi connectivity index (χ4n) is 5.14. The average molecular weight is 429 g/mol. The van der Waals surface area contributed by atoms with E-state index >= 15 is 0 Å². The van der Waals surface area contributed by atoms with Crippen molar-refractivity contribution >= 4 is 7.82 Å². The molecule has 0 aromatic rings. The molecule has 3 rings (SSSR count). The predicted octanol–water partition coefficient (Wildman–Crippen LogP) is 8.48. The second kappa shape index (κ2) is 10.2. The standard InChI is InChI=1S/C24H45O4P/c1-4-7-13-22(16-10-17-22)26-29(25,27-23(14-8-5-2)18-11-19-23)28-24(15-9-6-3)20-12-21-24/h4-21H2,1-3H3.